The molecule has 0 bridgehead atoms. The summed E-state index contributed by atoms with van der Waals surface area (Å²) in [6.07, 6.45) is 0.466. The second-order valence-electron chi connectivity index (χ2n) is 7.85. The molecule has 0 aromatic heterocycles. The first-order valence-corrected chi connectivity index (χ1v) is 10.9. The quantitative estimate of drug-likeness (QED) is 0.714. The molecule has 0 radical (unpaired) electrons. The van der Waals surface area contributed by atoms with Crippen molar-refractivity contribution in [2.75, 3.05) is 23.1 Å². The van der Waals surface area contributed by atoms with E-state index in [0.29, 0.717) is 24.6 Å². The van der Waals surface area contributed by atoms with Crippen molar-refractivity contribution >= 4 is 51.1 Å². The highest BCUT2D eigenvalue weighted by molar-refractivity contribution is 9.10. The van der Waals surface area contributed by atoms with Crippen LogP contribution in [0.5, 0.6) is 0 Å². The number of benzene rings is 1. The van der Waals surface area contributed by atoms with E-state index in [0.717, 1.165) is 10.2 Å². The zero-order chi connectivity index (χ0) is 19.8. The van der Waals surface area contributed by atoms with Gasteiger partial charge in [0, 0.05) is 22.3 Å². The number of anilines is 1. The van der Waals surface area contributed by atoms with Crippen LogP contribution in [0.1, 0.15) is 27.2 Å². The topological polar surface area (TPSA) is 69.7 Å². The first kappa shape index (κ1) is 20.2. The highest BCUT2D eigenvalue weighted by Gasteiger charge is 2.44. The van der Waals surface area contributed by atoms with Crippen LogP contribution in [-0.4, -0.2) is 52.4 Å². The van der Waals surface area contributed by atoms with E-state index in [4.69, 9.17) is 0 Å². The fraction of sp³-hybridized carbons (Fsp3) is 0.526. The van der Waals surface area contributed by atoms with Gasteiger partial charge in [-0.05, 0) is 55.3 Å². The minimum absolute atomic E-state index is 0.158. The van der Waals surface area contributed by atoms with Crippen LogP contribution in [0.25, 0.3) is 0 Å². The zero-order valence-corrected chi connectivity index (χ0v) is 18.1. The van der Waals surface area contributed by atoms with Crippen molar-refractivity contribution in [3.8, 4) is 0 Å². The van der Waals surface area contributed by atoms with Gasteiger partial charge in [0.15, 0.2) is 0 Å². The summed E-state index contributed by atoms with van der Waals surface area (Å²) < 4.78 is 0.825. The third kappa shape index (κ3) is 4.32. The summed E-state index contributed by atoms with van der Waals surface area (Å²) in [5, 5.41) is 2.94. The Balaban J connectivity index is 1.73. The molecule has 2 unspecified atom stereocenters. The molecule has 6 nitrogen and oxygen atoms in total. The summed E-state index contributed by atoms with van der Waals surface area (Å²) >= 11 is 5.01. The largest absolute Gasteiger partial charge is 0.350 e. The van der Waals surface area contributed by atoms with Gasteiger partial charge in [-0.15, -0.1) is 11.8 Å². The van der Waals surface area contributed by atoms with Crippen molar-refractivity contribution in [3.05, 3.63) is 28.7 Å². The van der Waals surface area contributed by atoms with E-state index in [9.17, 15) is 14.4 Å². The van der Waals surface area contributed by atoms with Crippen molar-refractivity contribution in [1.29, 1.82) is 0 Å². The molecule has 2 atom stereocenters. The number of hydrogen-bond donors (Lipinski definition) is 1. The van der Waals surface area contributed by atoms with E-state index in [1.54, 1.807) is 21.6 Å². The van der Waals surface area contributed by atoms with Crippen LogP contribution in [0.15, 0.2) is 28.7 Å². The number of carbonyl (C=O) groups is 3. The van der Waals surface area contributed by atoms with Crippen molar-refractivity contribution in [3.63, 3.8) is 0 Å². The molecule has 3 rings (SSSR count). The van der Waals surface area contributed by atoms with Gasteiger partial charge >= 0.3 is 0 Å². The molecule has 1 aromatic carbocycles. The number of amides is 3. The van der Waals surface area contributed by atoms with Crippen LogP contribution in [0.4, 0.5) is 5.69 Å². The second kappa shape index (κ2) is 7.83. The highest BCUT2D eigenvalue weighted by atomic mass is 79.9. The molecule has 2 aliphatic heterocycles. The standard InChI is InChI=1S/C19H24BrN3O3S/c1-19(2,3)21-16(24)15-10-27-11-23(15)18(26)12-8-9-22(17(12)25)14-7-5-4-6-13(14)20/h4-7,12,15H,8-11H2,1-3H3,(H,21,24). The van der Waals surface area contributed by atoms with Gasteiger partial charge in [-0.2, -0.15) is 0 Å². The third-order valence-electron chi connectivity index (χ3n) is 4.61. The fourth-order valence-electron chi connectivity index (χ4n) is 3.35. The minimum Gasteiger partial charge on any atom is -0.350 e. The van der Waals surface area contributed by atoms with E-state index in [1.165, 1.54) is 0 Å². The molecular weight excluding hydrogens is 430 g/mol. The Morgan fingerprint density at radius 1 is 1.26 bits per heavy atom. The van der Waals surface area contributed by atoms with E-state index in [2.05, 4.69) is 21.2 Å². The first-order chi connectivity index (χ1) is 12.7. The average molecular weight is 454 g/mol. The van der Waals surface area contributed by atoms with Crippen LogP contribution in [0, 0.1) is 5.92 Å². The van der Waals surface area contributed by atoms with Gasteiger partial charge in [0.25, 0.3) is 0 Å². The number of hydrogen-bond acceptors (Lipinski definition) is 4. The second-order valence-corrected chi connectivity index (χ2v) is 9.70. The maximum Gasteiger partial charge on any atom is 0.244 e. The number of thioether (sulfide) groups is 1. The molecule has 1 aromatic rings. The predicted octanol–water partition coefficient (Wildman–Crippen LogP) is 2.62. The Hall–Kier alpha value is -1.54. The molecule has 0 spiro atoms. The maximum absolute atomic E-state index is 13.1. The number of nitrogens with one attached hydrogen (secondary N) is 1. The minimum atomic E-state index is -0.722. The van der Waals surface area contributed by atoms with E-state index < -0.39 is 12.0 Å². The van der Waals surface area contributed by atoms with Gasteiger partial charge < -0.3 is 15.1 Å². The van der Waals surface area contributed by atoms with Gasteiger partial charge in [-0.1, -0.05) is 12.1 Å². The third-order valence-corrected chi connectivity index (χ3v) is 6.30. The molecule has 2 aliphatic rings. The molecule has 2 heterocycles. The lowest BCUT2D eigenvalue weighted by Crippen LogP contribution is -2.53. The summed E-state index contributed by atoms with van der Waals surface area (Å²) in [6.45, 7) is 6.23. The molecule has 3 amide bonds. The molecule has 2 fully saturated rings. The number of rotatable bonds is 3. The normalized spacial score (nSPS) is 23.0. The van der Waals surface area contributed by atoms with Crippen LogP contribution in [0.3, 0.4) is 0 Å². The Morgan fingerprint density at radius 3 is 2.63 bits per heavy atom. The summed E-state index contributed by atoms with van der Waals surface area (Å²) in [5.41, 5.74) is 0.411. The Bertz CT molecular complexity index is 765. The Labute approximate surface area is 172 Å². The smallest absolute Gasteiger partial charge is 0.244 e. The molecule has 146 valence electrons. The van der Waals surface area contributed by atoms with Crippen LogP contribution < -0.4 is 10.2 Å². The Morgan fingerprint density at radius 2 is 1.96 bits per heavy atom. The lowest BCUT2D eigenvalue weighted by Gasteiger charge is -2.29. The Kier molecular flexibility index (Phi) is 5.86. The van der Waals surface area contributed by atoms with E-state index in [-0.39, 0.29) is 23.3 Å². The van der Waals surface area contributed by atoms with Gasteiger partial charge in [0.05, 0.1) is 11.6 Å². The van der Waals surface area contributed by atoms with Gasteiger partial charge in [0.2, 0.25) is 17.7 Å². The summed E-state index contributed by atoms with van der Waals surface area (Å²) in [5.74, 6) is -0.315. The lowest BCUT2D eigenvalue weighted by atomic mass is 10.0. The lowest BCUT2D eigenvalue weighted by molar-refractivity contribution is -0.144. The molecule has 1 N–H and O–H groups in total. The van der Waals surface area contributed by atoms with Crippen molar-refractivity contribution in [2.24, 2.45) is 5.92 Å². The maximum atomic E-state index is 13.1. The van der Waals surface area contributed by atoms with E-state index in [1.807, 2.05) is 45.0 Å². The van der Waals surface area contributed by atoms with Gasteiger partial charge in [0.1, 0.15) is 12.0 Å². The summed E-state index contributed by atoms with van der Waals surface area (Å²) in [4.78, 5) is 41.8. The molecule has 27 heavy (non-hydrogen) atoms. The van der Waals surface area contributed by atoms with Crippen molar-refractivity contribution in [1.82, 2.24) is 10.2 Å². The van der Waals surface area contributed by atoms with Crippen molar-refractivity contribution < 1.29 is 14.4 Å². The molecule has 0 saturated carbocycles. The number of carbonyl (C=O) groups excluding carboxylic acids is 3. The monoisotopic (exact) mass is 453 g/mol. The molecular formula is C19H24BrN3O3S. The SMILES string of the molecule is CC(C)(C)NC(=O)C1CSCN1C(=O)C1CCN(c2ccccc2Br)C1=O. The number of halogens is 1. The highest BCUT2D eigenvalue weighted by Crippen LogP contribution is 2.33. The van der Waals surface area contributed by atoms with Gasteiger partial charge in [-0.25, -0.2) is 0 Å². The number of para-hydroxylation sites is 1. The number of nitrogens with zero attached hydrogens (tertiary/aromatic N) is 2. The first-order valence-electron chi connectivity index (χ1n) is 8.95. The van der Waals surface area contributed by atoms with Crippen LogP contribution in [-0.2, 0) is 14.4 Å². The fourth-order valence-corrected chi connectivity index (χ4v) is 5.01. The summed E-state index contributed by atoms with van der Waals surface area (Å²) in [7, 11) is 0. The van der Waals surface area contributed by atoms with Gasteiger partial charge in [-0.3, -0.25) is 14.4 Å². The summed E-state index contributed by atoms with van der Waals surface area (Å²) in [6, 6.07) is 6.97. The average Bonchev–Trinajstić information content (AvgIpc) is 3.20. The van der Waals surface area contributed by atoms with E-state index >= 15 is 0 Å². The van der Waals surface area contributed by atoms with Crippen molar-refractivity contribution in [2.45, 2.75) is 38.8 Å². The molecule has 0 aliphatic carbocycles. The van der Waals surface area contributed by atoms with Crippen LogP contribution in [0.2, 0.25) is 0 Å². The van der Waals surface area contributed by atoms with Crippen LogP contribution >= 0.6 is 27.7 Å². The predicted molar refractivity (Wildman–Crippen MR) is 110 cm³/mol. The molecule has 8 heteroatoms. The molecule has 2 saturated heterocycles. The zero-order valence-electron chi connectivity index (χ0n) is 15.7.